The van der Waals surface area contributed by atoms with Crippen molar-refractivity contribution in [1.29, 1.82) is 0 Å². The Kier molecular flexibility index (Phi) is 3.81. The van der Waals surface area contributed by atoms with Gasteiger partial charge in [0, 0.05) is 33.3 Å². The number of benzene rings is 6. The molecule has 6 aromatic rings. The van der Waals surface area contributed by atoms with Gasteiger partial charge in [0.2, 0.25) is 0 Å². The molecule has 0 aromatic heterocycles. The second kappa shape index (κ2) is 7.17. The Labute approximate surface area is 257 Å². The Bertz CT molecular complexity index is 2230. The van der Waals surface area contributed by atoms with E-state index in [-0.39, 0.29) is 10.8 Å². The van der Waals surface area contributed by atoms with Gasteiger partial charge < -0.3 is 10.2 Å². The summed E-state index contributed by atoms with van der Waals surface area (Å²) in [6.07, 6.45) is 0. The van der Waals surface area contributed by atoms with Crippen molar-refractivity contribution in [2.75, 3.05) is 10.2 Å². The molecule has 4 bridgehead atoms. The van der Waals surface area contributed by atoms with E-state index < -0.39 is 11.2 Å². The molecule has 1 N–H and O–H groups in total. The second-order valence-electron chi connectivity index (χ2n) is 13.6. The van der Waals surface area contributed by atoms with Gasteiger partial charge in [-0.2, -0.15) is 0 Å². The van der Waals surface area contributed by atoms with E-state index in [1.807, 2.05) is 0 Å². The fourth-order valence-corrected chi connectivity index (χ4v) is 10.5. The van der Waals surface area contributed by atoms with Crippen molar-refractivity contribution in [3.63, 3.8) is 0 Å². The summed E-state index contributed by atoms with van der Waals surface area (Å²) in [6, 6.07) is 53.2. The summed E-state index contributed by atoms with van der Waals surface area (Å²) < 4.78 is 0. The SMILES string of the molecule is CC12c3ccccc3N3C(c4ccccc41)(c1ccccc12)c1cccc2c1[C@]31Nc3ccccc3[C@@]2(C)c2ccccc21. The fourth-order valence-electron chi connectivity index (χ4n) is 10.5. The topological polar surface area (TPSA) is 15.3 Å². The maximum atomic E-state index is 4.35. The van der Waals surface area contributed by atoms with E-state index in [0.717, 1.165) is 0 Å². The smallest absolute Gasteiger partial charge is 0.166 e. The van der Waals surface area contributed by atoms with Gasteiger partial charge >= 0.3 is 0 Å². The first kappa shape index (κ1) is 23.4. The van der Waals surface area contributed by atoms with Gasteiger partial charge in [-0.25, -0.2) is 0 Å². The summed E-state index contributed by atoms with van der Waals surface area (Å²) in [7, 11) is 0. The zero-order valence-corrected chi connectivity index (χ0v) is 24.7. The average Bonchev–Trinajstić information content (AvgIpc) is 3.13. The highest BCUT2D eigenvalue weighted by Crippen LogP contribution is 2.72. The van der Waals surface area contributed by atoms with Gasteiger partial charge in [0.05, 0.1) is 0 Å². The van der Waals surface area contributed by atoms with Crippen molar-refractivity contribution in [1.82, 2.24) is 0 Å². The van der Waals surface area contributed by atoms with E-state index >= 15 is 0 Å². The zero-order chi connectivity index (χ0) is 29.1. The number of anilines is 2. The van der Waals surface area contributed by atoms with Crippen LogP contribution in [0.2, 0.25) is 0 Å². The highest BCUT2D eigenvalue weighted by Gasteiger charge is 2.71. The lowest BCUT2D eigenvalue weighted by molar-refractivity contribution is 0.461. The van der Waals surface area contributed by atoms with Gasteiger partial charge in [-0.3, -0.25) is 0 Å². The maximum Gasteiger partial charge on any atom is 0.166 e. The van der Waals surface area contributed by atoms with Crippen LogP contribution in [0.5, 0.6) is 0 Å². The molecule has 0 saturated carbocycles. The van der Waals surface area contributed by atoms with Gasteiger partial charge in [-0.1, -0.05) is 127 Å². The molecule has 2 heteroatoms. The molecule has 2 nitrogen and oxygen atoms in total. The van der Waals surface area contributed by atoms with Crippen LogP contribution < -0.4 is 10.2 Å². The minimum atomic E-state index is -0.638. The van der Waals surface area contributed by atoms with Crippen LogP contribution in [-0.4, -0.2) is 0 Å². The van der Waals surface area contributed by atoms with Crippen LogP contribution >= 0.6 is 0 Å². The molecule has 0 amide bonds. The van der Waals surface area contributed by atoms with Crippen molar-refractivity contribution in [3.05, 3.63) is 201 Å². The predicted octanol–water partition coefficient (Wildman–Crippen LogP) is 8.77. The van der Waals surface area contributed by atoms with E-state index in [0.29, 0.717) is 0 Å². The molecule has 13 rings (SSSR count). The van der Waals surface area contributed by atoms with E-state index in [4.69, 9.17) is 0 Å². The molecule has 2 atom stereocenters. The minimum absolute atomic E-state index is 0.306. The Morgan fingerprint density at radius 3 is 1.55 bits per heavy atom. The first-order valence-electron chi connectivity index (χ1n) is 15.8. The van der Waals surface area contributed by atoms with Gasteiger partial charge in [0.1, 0.15) is 5.54 Å². The molecule has 0 fully saturated rings. The maximum absolute atomic E-state index is 4.35. The number of nitrogens with zero attached hydrogens (tertiary/aromatic N) is 1. The summed E-state index contributed by atoms with van der Waals surface area (Å²) in [6.45, 7) is 4.90. The van der Waals surface area contributed by atoms with Crippen LogP contribution in [0.15, 0.2) is 140 Å². The molecular weight excluding hydrogens is 532 g/mol. The normalized spacial score (nSPS) is 28.3. The summed E-state index contributed by atoms with van der Waals surface area (Å²) in [5, 5.41) is 4.35. The van der Waals surface area contributed by atoms with Crippen LogP contribution in [0.1, 0.15) is 75.0 Å². The van der Waals surface area contributed by atoms with Gasteiger partial charge in [-0.15, -0.1) is 0 Å². The van der Waals surface area contributed by atoms with Crippen LogP contribution in [-0.2, 0) is 22.0 Å². The number of nitrogens with one attached hydrogen (secondary N) is 1. The average molecular weight is 563 g/mol. The quantitative estimate of drug-likeness (QED) is 0.199. The fraction of sp³-hybridized carbons (Fsp3) is 0.143. The lowest BCUT2D eigenvalue weighted by Gasteiger charge is -2.52. The van der Waals surface area contributed by atoms with E-state index in [9.17, 15) is 0 Å². The highest BCUT2D eigenvalue weighted by atomic mass is 15.4. The zero-order valence-electron chi connectivity index (χ0n) is 24.7. The van der Waals surface area contributed by atoms with Crippen LogP contribution in [0.4, 0.5) is 11.4 Å². The van der Waals surface area contributed by atoms with Crippen molar-refractivity contribution in [3.8, 4) is 0 Å². The number of rotatable bonds is 0. The second-order valence-corrected chi connectivity index (χ2v) is 13.6. The molecule has 0 radical (unpaired) electrons. The Morgan fingerprint density at radius 2 is 0.864 bits per heavy atom. The molecule has 208 valence electrons. The Morgan fingerprint density at radius 1 is 0.409 bits per heavy atom. The summed E-state index contributed by atoms with van der Waals surface area (Å²) in [5.74, 6) is 0. The molecule has 2 spiro atoms. The van der Waals surface area contributed by atoms with Crippen LogP contribution in [0.25, 0.3) is 0 Å². The third-order valence-corrected chi connectivity index (χ3v) is 12.1. The van der Waals surface area contributed by atoms with Crippen molar-refractivity contribution < 1.29 is 0 Å². The van der Waals surface area contributed by atoms with Crippen molar-refractivity contribution in [2.24, 2.45) is 0 Å². The molecule has 0 saturated heterocycles. The largest absolute Gasteiger partial charge is 0.355 e. The molecule has 44 heavy (non-hydrogen) atoms. The monoisotopic (exact) mass is 562 g/mol. The Balaban J connectivity index is 1.46. The lowest BCUT2D eigenvalue weighted by Crippen LogP contribution is -2.58. The number of hydrogen-bond donors (Lipinski definition) is 1. The van der Waals surface area contributed by atoms with Crippen molar-refractivity contribution in [2.45, 2.75) is 35.9 Å². The third-order valence-electron chi connectivity index (χ3n) is 12.1. The summed E-state index contributed by atoms with van der Waals surface area (Å²) in [5.41, 5.74) is 15.9. The number of hydrogen-bond acceptors (Lipinski definition) is 2. The van der Waals surface area contributed by atoms with Crippen molar-refractivity contribution >= 4 is 11.4 Å². The van der Waals surface area contributed by atoms with Gasteiger partial charge in [0.25, 0.3) is 0 Å². The van der Waals surface area contributed by atoms with Gasteiger partial charge in [-0.05, 0) is 76.1 Å². The molecule has 5 aliphatic heterocycles. The molecule has 5 heterocycles. The van der Waals surface area contributed by atoms with Crippen LogP contribution in [0, 0.1) is 0 Å². The molecular formula is C42H30N2. The van der Waals surface area contributed by atoms with E-state index in [1.165, 1.54) is 72.6 Å². The standard InChI is InChI=1S/C42H30N2/c1-39-26-14-3-6-17-29(26)41(30-18-7-4-15-27(30)39)35-23-13-22-34-38(35)42(44(41)37-25-12-10-21-33(37)39)31-19-8-5-16-28(31)40(34,2)32-20-9-11-24-36(32)43-42/h3-25,43H,1-2H3/t39?,40-,41?,42-/m1/s1. The van der Waals surface area contributed by atoms with Gasteiger partial charge in [0.15, 0.2) is 5.66 Å². The van der Waals surface area contributed by atoms with E-state index in [1.54, 1.807) is 0 Å². The molecule has 2 aliphatic carbocycles. The summed E-state index contributed by atoms with van der Waals surface area (Å²) >= 11 is 0. The molecule has 7 aliphatic rings. The molecule has 0 unspecified atom stereocenters. The minimum Gasteiger partial charge on any atom is -0.355 e. The lowest BCUT2D eigenvalue weighted by atomic mass is 9.58. The molecule has 6 aromatic carbocycles. The van der Waals surface area contributed by atoms with Crippen LogP contribution in [0.3, 0.4) is 0 Å². The number of para-hydroxylation sites is 2. The Hall–Kier alpha value is -5.08. The van der Waals surface area contributed by atoms with E-state index in [2.05, 4.69) is 164 Å². The first-order chi connectivity index (χ1) is 21.6. The first-order valence-corrected chi connectivity index (χ1v) is 15.8. The third kappa shape index (κ3) is 2.09. The summed E-state index contributed by atoms with van der Waals surface area (Å²) in [4.78, 5) is 2.82. The highest BCUT2D eigenvalue weighted by molar-refractivity contribution is 5.91. The predicted molar refractivity (Wildman–Crippen MR) is 177 cm³/mol.